The average Bonchev–Trinajstić information content (AvgIpc) is 2.61. The van der Waals surface area contributed by atoms with Gasteiger partial charge in [0, 0.05) is 24.6 Å². The van der Waals surface area contributed by atoms with Crippen LogP contribution >= 0.6 is 0 Å². The minimum absolute atomic E-state index is 0.0683. The van der Waals surface area contributed by atoms with Gasteiger partial charge in [-0.25, -0.2) is 0 Å². The zero-order chi connectivity index (χ0) is 10.8. The molecule has 2 rings (SSSR count). The average molecular weight is 199 g/mol. The monoisotopic (exact) mass is 199 g/mol. The number of nitrogens with zero attached hydrogens (tertiary/aromatic N) is 1. The van der Waals surface area contributed by atoms with E-state index in [1.807, 2.05) is 31.2 Å². The molecule has 1 fully saturated rings. The number of terminal acetylenes is 1. The van der Waals surface area contributed by atoms with Crippen LogP contribution in [-0.4, -0.2) is 12.5 Å². The Hall–Kier alpha value is -1.75. The van der Waals surface area contributed by atoms with E-state index in [0.717, 1.165) is 5.69 Å². The fraction of sp³-hybridized carbons (Fsp3) is 0.308. The highest BCUT2D eigenvalue weighted by atomic mass is 16.2. The maximum Gasteiger partial charge on any atom is 0.228 e. The molecule has 1 aliphatic rings. The topological polar surface area (TPSA) is 20.3 Å². The van der Waals surface area contributed by atoms with Crippen LogP contribution in [0.1, 0.15) is 12.0 Å². The van der Waals surface area contributed by atoms with Crippen molar-refractivity contribution in [3.05, 3.63) is 29.8 Å². The van der Waals surface area contributed by atoms with E-state index in [9.17, 15) is 4.79 Å². The molecule has 1 unspecified atom stereocenters. The van der Waals surface area contributed by atoms with Crippen molar-refractivity contribution in [2.75, 3.05) is 11.4 Å². The standard InChI is InChI=1S/C13H13NO/c1-3-11-8-13(15)14(9-11)12-6-4-10(2)5-7-12/h1,4-7,11H,8-9H2,2H3. The Balaban J connectivity index is 2.22. The summed E-state index contributed by atoms with van der Waals surface area (Å²) in [6, 6.07) is 7.94. The van der Waals surface area contributed by atoms with E-state index in [4.69, 9.17) is 6.42 Å². The van der Waals surface area contributed by atoms with Crippen LogP contribution in [0.15, 0.2) is 24.3 Å². The van der Waals surface area contributed by atoms with Crippen molar-refractivity contribution >= 4 is 11.6 Å². The van der Waals surface area contributed by atoms with E-state index in [2.05, 4.69) is 5.92 Å². The molecule has 0 aliphatic carbocycles. The highest BCUT2D eigenvalue weighted by Crippen LogP contribution is 2.24. The van der Waals surface area contributed by atoms with E-state index >= 15 is 0 Å². The molecular formula is C13H13NO. The van der Waals surface area contributed by atoms with Crippen molar-refractivity contribution < 1.29 is 4.79 Å². The third-order valence-electron chi connectivity index (χ3n) is 2.71. The lowest BCUT2D eigenvalue weighted by Crippen LogP contribution is -2.24. The zero-order valence-electron chi connectivity index (χ0n) is 8.73. The van der Waals surface area contributed by atoms with Crippen molar-refractivity contribution in [3.63, 3.8) is 0 Å². The number of amides is 1. The Morgan fingerprint density at radius 2 is 2.07 bits per heavy atom. The van der Waals surface area contributed by atoms with Gasteiger partial charge >= 0.3 is 0 Å². The lowest BCUT2D eigenvalue weighted by atomic mass is 10.1. The van der Waals surface area contributed by atoms with Gasteiger partial charge in [0.15, 0.2) is 0 Å². The molecule has 76 valence electrons. The minimum Gasteiger partial charge on any atom is -0.311 e. The predicted octanol–water partition coefficient (Wildman–Crippen LogP) is 1.98. The fourth-order valence-corrected chi connectivity index (χ4v) is 1.79. The summed E-state index contributed by atoms with van der Waals surface area (Å²) in [5, 5.41) is 0. The first-order chi connectivity index (χ1) is 7.20. The molecule has 0 spiro atoms. The molecule has 0 aromatic heterocycles. The van der Waals surface area contributed by atoms with Crippen LogP contribution in [0.2, 0.25) is 0 Å². The highest BCUT2D eigenvalue weighted by Gasteiger charge is 2.28. The number of aryl methyl sites for hydroxylation is 1. The summed E-state index contributed by atoms with van der Waals surface area (Å²) in [4.78, 5) is 13.4. The van der Waals surface area contributed by atoms with Gasteiger partial charge in [-0.05, 0) is 19.1 Å². The SMILES string of the molecule is C#CC1CC(=O)N(c2ccc(C)cc2)C1. The molecule has 1 aromatic carbocycles. The molecule has 2 nitrogen and oxygen atoms in total. The lowest BCUT2D eigenvalue weighted by molar-refractivity contribution is -0.117. The second kappa shape index (κ2) is 3.78. The quantitative estimate of drug-likeness (QED) is 0.633. The van der Waals surface area contributed by atoms with Crippen molar-refractivity contribution in [1.29, 1.82) is 0 Å². The molecule has 0 radical (unpaired) electrons. The Morgan fingerprint density at radius 1 is 1.40 bits per heavy atom. The molecule has 1 amide bonds. The van der Waals surface area contributed by atoms with E-state index in [0.29, 0.717) is 13.0 Å². The normalized spacial score (nSPS) is 20.4. The molecule has 2 heteroatoms. The molecule has 0 saturated carbocycles. The van der Waals surface area contributed by atoms with Crippen LogP contribution < -0.4 is 4.90 Å². The van der Waals surface area contributed by atoms with Crippen LogP contribution in [0.4, 0.5) is 5.69 Å². The first-order valence-electron chi connectivity index (χ1n) is 5.04. The van der Waals surface area contributed by atoms with Crippen molar-refractivity contribution in [1.82, 2.24) is 0 Å². The first kappa shape index (κ1) is 9.79. The van der Waals surface area contributed by atoms with E-state index < -0.39 is 0 Å². The fourth-order valence-electron chi connectivity index (χ4n) is 1.79. The molecule has 1 atom stereocenters. The molecule has 1 aromatic rings. The number of hydrogen-bond acceptors (Lipinski definition) is 1. The summed E-state index contributed by atoms with van der Waals surface area (Å²) in [6.45, 7) is 2.68. The Morgan fingerprint density at radius 3 is 2.60 bits per heavy atom. The number of rotatable bonds is 1. The molecule has 1 saturated heterocycles. The van der Waals surface area contributed by atoms with Crippen molar-refractivity contribution in [2.45, 2.75) is 13.3 Å². The molecule has 1 heterocycles. The number of carbonyl (C=O) groups is 1. The van der Waals surface area contributed by atoms with Gasteiger partial charge in [0.1, 0.15) is 0 Å². The Bertz CT molecular complexity index is 413. The summed E-state index contributed by atoms with van der Waals surface area (Å²) >= 11 is 0. The third-order valence-corrected chi connectivity index (χ3v) is 2.71. The number of hydrogen-bond donors (Lipinski definition) is 0. The van der Waals surface area contributed by atoms with Gasteiger partial charge in [-0.2, -0.15) is 0 Å². The maximum absolute atomic E-state index is 11.7. The minimum atomic E-state index is 0.0683. The van der Waals surface area contributed by atoms with Gasteiger partial charge in [-0.15, -0.1) is 12.3 Å². The largest absolute Gasteiger partial charge is 0.311 e. The molecular weight excluding hydrogens is 186 g/mol. The molecule has 0 N–H and O–H groups in total. The van der Waals surface area contributed by atoms with Crippen molar-refractivity contribution in [3.8, 4) is 12.3 Å². The summed E-state index contributed by atoms with van der Waals surface area (Å²) < 4.78 is 0. The van der Waals surface area contributed by atoms with Crippen LogP contribution in [-0.2, 0) is 4.79 Å². The summed E-state index contributed by atoms with van der Waals surface area (Å²) in [5.74, 6) is 2.84. The maximum atomic E-state index is 11.7. The number of carbonyl (C=O) groups excluding carboxylic acids is 1. The van der Waals surface area contributed by atoms with Gasteiger partial charge < -0.3 is 4.90 Å². The van der Waals surface area contributed by atoms with Crippen LogP contribution in [0.5, 0.6) is 0 Å². The van der Waals surface area contributed by atoms with Crippen LogP contribution in [0.3, 0.4) is 0 Å². The van der Waals surface area contributed by atoms with Crippen molar-refractivity contribution in [2.24, 2.45) is 5.92 Å². The third kappa shape index (κ3) is 1.87. The van der Waals surface area contributed by atoms with Crippen LogP contribution in [0.25, 0.3) is 0 Å². The Kier molecular flexibility index (Phi) is 2.47. The second-order valence-electron chi connectivity index (χ2n) is 3.91. The summed E-state index contributed by atoms with van der Waals surface area (Å²) in [5.41, 5.74) is 2.14. The zero-order valence-corrected chi connectivity index (χ0v) is 8.73. The van der Waals surface area contributed by atoms with Gasteiger partial charge in [-0.3, -0.25) is 4.79 Å². The highest BCUT2D eigenvalue weighted by molar-refractivity contribution is 5.96. The first-order valence-corrected chi connectivity index (χ1v) is 5.04. The van der Waals surface area contributed by atoms with E-state index in [1.165, 1.54) is 5.56 Å². The molecule has 15 heavy (non-hydrogen) atoms. The number of anilines is 1. The predicted molar refractivity (Wildman–Crippen MR) is 60.5 cm³/mol. The van der Waals surface area contributed by atoms with Crippen LogP contribution in [0, 0.1) is 25.2 Å². The molecule has 0 bridgehead atoms. The number of benzene rings is 1. The van der Waals surface area contributed by atoms with E-state index in [-0.39, 0.29) is 11.8 Å². The summed E-state index contributed by atoms with van der Waals surface area (Å²) in [6.07, 6.45) is 5.81. The summed E-state index contributed by atoms with van der Waals surface area (Å²) in [7, 11) is 0. The van der Waals surface area contributed by atoms with Gasteiger partial charge in [0.25, 0.3) is 0 Å². The van der Waals surface area contributed by atoms with Gasteiger partial charge in [0.05, 0.1) is 0 Å². The lowest BCUT2D eigenvalue weighted by Gasteiger charge is -2.15. The molecule has 1 aliphatic heterocycles. The smallest absolute Gasteiger partial charge is 0.228 e. The van der Waals surface area contributed by atoms with E-state index in [1.54, 1.807) is 4.90 Å². The Labute approximate surface area is 89.9 Å². The van der Waals surface area contributed by atoms with Gasteiger partial charge in [0.2, 0.25) is 5.91 Å². The second-order valence-corrected chi connectivity index (χ2v) is 3.91. The van der Waals surface area contributed by atoms with Gasteiger partial charge in [-0.1, -0.05) is 17.7 Å².